The first kappa shape index (κ1) is 20.7. The maximum atomic E-state index is 8.74. The van der Waals surface area contributed by atoms with E-state index in [1.807, 2.05) is 0 Å². The van der Waals surface area contributed by atoms with Crippen LogP contribution in [0.4, 0.5) is 0 Å². The molecule has 5 nitrogen and oxygen atoms in total. The van der Waals surface area contributed by atoms with E-state index in [1.165, 1.54) is 19.3 Å². The van der Waals surface area contributed by atoms with Crippen molar-refractivity contribution in [2.75, 3.05) is 13.2 Å². The summed E-state index contributed by atoms with van der Waals surface area (Å²) in [5, 5.41) is 0. The molecule has 0 spiro atoms. The van der Waals surface area contributed by atoms with E-state index in [1.54, 1.807) is 6.08 Å². The van der Waals surface area contributed by atoms with Gasteiger partial charge in [0.15, 0.2) is 0 Å². The van der Waals surface area contributed by atoms with Gasteiger partial charge in [0.1, 0.15) is 0 Å². The van der Waals surface area contributed by atoms with Crippen LogP contribution >= 0.6 is 0 Å². The highest BCUT2D eigenvalue weighted by Gasteiger charge is 1.84. The van der Waals surface area contributed by atoms with Crippen molar-refractivity contribution in [3.8, 4) is 0 Å². The molecule has 0 aromatic rings. The Labute approximate surface area is 98.4 Å². The van der Waals surface area contributed by atoms with Gasteiger partial charge in [-0.05, 0) is 6.42 Å². The third kappa shape index (κ3) is 71.5. The van der Waals surface area contributed by atoms with Crippen molar-refractivity contribution in [1.29, 1.82) is 0 Å². The zero-order chi connectivity index (χ0) is 13.4. The van der Waals surface area contributed by atoms with Crippen molar-refractivity contribution >= 4 is 10.4 Å². The van der Waals surface area contributed by atoms with E-state index in [2.05, 4.69) is 26.7 Å². The van der Waals surface area contributed by atoms with Crippen LogP contribution in [0, 0.1) is 0 Å². The number of hydrogen-bond acceptors (Lipinski definition) is 3. The molecule has 0 aliphatic heterocycles. The second kappa shape index (κ2) is 16.7. The van der Waals surface area contributed by atoms with Gasteiger partial charge in [0.25, 0.3) is 0 Å². The first-order chi connectivity index (χ1) is 7.41. The minimum atomic E-state index is -4.67. The van der Waals surface area contributed by atoms with Crippen LogP contribution in [0.15, 0.2) is 25.8 Å². The lowest BCUT2D eigenvalue weighted by Crippen LogP contribution is -1.92. The highest BCUT2D eigenvalue weighted by atomic mass is 32.3. The van der Waals surface area contributed by atoms with Crippen molar-refractivity contribution in [2.45, 2.75) is 26.2 Å². The first-order valence-corrected chi connectivity index (χ1v) is 6.20. The van der Waals surface area contributed by atoms with Gasteiger partial charge in [-0.3, -0.25) is 9.11 Å². The Kier molecular flexibility index (Phi) is 21.6. The lowest BCUT2D eigenvalue weighted by molar-refractivity contribution is 0.158. The molecule has 0 radical (unpaired) electrons. The number of unbranched alkanes of at least 4 members (excludes halogenated alkanes) is 2. The second-order valence-electron chi connectivity index (χ2n) is 2.52. The summed E-state index contributed by atoms with van der Waals surface area (Å²) in [7, 11) is -4.67. The van der Waals surface area contributed by atoms with Crippen molar-refractivity contribution in [2.24, 2.45) is 0 Å². The summed E-state index contributed by atoms with van der Waals surface area (Å²) in [5.74, 6) is 0. The van der Waals surface area contributed by atoms with Gasteiger partial charge in [-0.15, -0.1) is 19.7 Å². The average molecular weight is 254 g/mol. The van der Waals surface area contributed by atoms with Gasteiger partial charge < -0.3 is 4.74 Å². The fourth-order valence-electron chi connectivity index (χ4n) is 0.621. The molecule has 98 valence electrons. The largest absolute Gasteiger partial charge is 0.394 e. The third-order valence-electron chi connectivity index (χ3n) is 1.13. The Balaban J connectivity index is -0.000000205. The van der Waals surface area contributed by atoms with E-state index < -0.39 is 10.4 Å². The number of hydrogen-bond donors (Lipinski definition) is 2. The maximum absolute atomic E-state index is 8.74. The van der Waals surface area contributed by atoms with E-state index in [-0.39, 0.29) is 0 Å². The molecule has 2 N–H and O–H groups in total. The van der Waals surface area contributed by atoms with Gasteiger partial charge in [-0.1, -0.05) is 25.8 Å². The molecule has 0 aliphatic carbocycles. The molecule has 0 saturated heterocycles. The molecule has 16 heavy (non-hydrogen) atoms. The molecule has 0 bridgehead atoms. The van der Waals surface area contributed by atoms with Crippen LogP contribution in [-0.2, 0) is 15.1 Å². The maximum Gasteiger partial charge on any atom is 0.394 e. The minimum absolute atomic E-state index is 0.698. The molecular formula is C10H22O5S. The normalized spacial score (nSPS) is 9.19. The van der Waals surface area contributed by atoms with E-state index in [0.717, 1.165) is 6.61 Å². The molecule has 0 amide bonds. The molecule has 0 rings (SSSR count). The number of ether oxygens (including phenoxy) is 1. The standard InChI is InChI=1S/C8H16O.C2H4.H2O4S/c1-3-5-6-8-9-7-4-2;1-2;1-5(2,3)4/h4H,2-3,5-8H2,1H3;1-2H2;(H2,1,2,3,4). The summed E-state index contributed by atoms with van der Waals surface area (Å²) in [6.07, 6.45) is 5.50. The van der Waals surface area contributed by atoms with E-state index >= 15 is 0 Å². The predicted octanol–water partition coefficient (Wildman–Crippen LogP) is 2.53. The quantitative estimate of drug-likeness (QED) is 0.432. The Hall–Kier alpha value is -0.690. The summed E-state index contributed by atoms with van der Waals surface area (Å²) in [4.78, 5) is 0. The van der Waals surface area contributed by atoms with E-state index in [9.17, 15) is 0 Å². The van der Waals surface area contributed by atoms with Crippen molar-refractivity contribution in [3.05, 3.63) is 25.8 Å². The van der Waals surface area contributed by atoms with Gasteiger partial charge in [-0.2, -0.15) is 8.42 Å². The average Bonchev–Trinajstić information content (AvgIpc) is 2.18. The van der Waals surface area contributed by atoms with Gasteiger partial charge in [0.2, 0.25) is 0 Å². The van der Waals surface area contributed by atoms with Crippen molar-refractivity contribution < 1.29 is 22.3 Å². The molecule has 0 heterocycles. The summed E-state index contributed by atoms with van der Waals surface area (Å²) in [5.41, 5.74) is 0. The molecule has 0 unspecified atom stereocenters. The zero-order valence-corrected chi connectivity index (χ0v) is 10.6. The van der Waals surface area contributed by atoms with Gasteiger partial charge in [0.05, 0.1) is 6.61 Å². The molecule has 0 atom stereocenters. The van der Waals surface area contributed by atoms with Crippen LogP contribution in [0.1, 0.15) is 26.2 Å². The van der Waals surface area contributed by atoms with Crippen LogP contribution < -0.4 is 0 Å². The van der Waals surface area contributed by atoms with Crippen molar-refractivity contribution in [3.63, 3.8) is 0 Å². The summed E-state index contributed by atoms with van der Waals surface area (Å²) in [6.45, 7) is 13.3. The summed E-state index contributed by atoms with van der Waals surface area (Å²) in [6, 6.07) is 0. The van der Waals surface area contributed by atoms with E-state index in [4.69, 9.17) is 22.3 Å². The highest BCUT2D eigenvalue weighted by Crippen LogP contribution is 1.93. The Bertz CT molecular complexity index is 215. The molecular weight excluding hydrogens is 232 g/mol. The first-order valence-electron chi connectivity index (χ1n) is 4.80. The topological polar surface area (TPSA) is 83.8 Å². The Morgan fingerprint density at radius 2 is 1.69 bits per heavy atom. The highest BCUT2D eigenvalue weighted by molar-refractivity contribution is 7.79. The van der Waals surface area contributed by atoms with Crippen LogP contribution in [0.25, 0.3) is 0 Å². The van der Waals surface area contributed by atoms with Gasteiger partial charge in [0, 0.05) is 6.61 Å². The Morgan fingerprint density at radius 3 is 2.00 bits per heavy atom. The molecule has 0 saturated carbocycles. The van der Waals surface area contributed by atoms with Crippen LogP contribution in [0.5, 0.6) is 0 Å². The predicted molar refractivity (Wildman–Crippen MR) is 66.0 cm³/mol. The van der Waals surface area contributed by atoms with Gasteiger partial charge in [-0.25, -0.2) is 0 Å². The molecule has 6 heteroatoms. The molecule has 0 aromatic heterocycles. The lowest BCUT2D eigenvalue weighted by Gasteiger charge is -1.97. The monoisotopic (exact) mass is 254 g/mol. The molecule has 0 aromatic carbocycles. The van der Waals surface area contributed by atoms with E-state index in [0.29, 0.717) is 6.61 Å². The molecule has 0 aliphatic rings. The SMILES string of the molecule is C=C.C=CCOCCCCC.O=S(=O)(O)O. The minimum Gasteiger partial charge on any atom is -0.377 e. The fraction of sp³-hybridized carbons (Fsp3) is 0.600. The van der Waals surface area contributed by atoms with Crippen molar-refractivity contribution in [1.82, 2.24) is 0 Å². The van der Waals surface area contributed by atoms with Gasteiger partial charge >= 0.3 is 10.4 Å². The second-order valence-corrected chi connectivity index (χ2v) is 3.41. The van der Waals surface area contributed by atoms with Crippen LogP contribution in [-0.4, -0.2) is 30.7 Å². The fourth-order valence-corrected chi connectivity index (χ4v) is 0.621. The molecule has 0 fully saturated rings. The Morgan fingerprint density at radius 1 is 1.25 bits per heavy atom. The van der Waals surface area contributed by atoms with Crippen LogP contribution in [0.3, 0.4) is 0 Å². The third-order valence-corrected chi connectivity index (χ3v) is 1.13. The lowest BCUT2D eigenvalue weighted by atomic mass is 10.3. The zero-order valence-electron chi connectivity index (χ0n) is 9.76. The van der Waals surface area contributed by atoms with Crippen LogP contribution in [0.2, 0.25) is 0 Å². The smallest absolute Gasteiger partial charge is 0.377 e. The number of rotatable bonds is 6. The summed E-state index contributed by atoms with van der Waals surface area (Å²) >= 11 is 0. The summed E-state index contributed by atoms with van der Waals surface area (Å²) < 4.78 is 36.8.